The molecule has 4 rings (SSSR count). The highest BCUT2D eigenvalue weighted by Crippen LogP contribution is 2.50. The maximum Gasteiger partial charge on any atom is 0.324 e. The SMILES string of the molecule is C=C(C)c1noc(N2CCC([C@H]3C[C@H]3CCOc3ncc(CC(=O)O)cc3C)CC2)n1. The molecule has 2 atom stereocenters. The number of piperidine rings is 1. The maximum absolute atomic E-state index is 10.8. The highest BCUT2D eigenvalue weighted by atomic mass is 16.5. The fraction of sp³-hybridized carbons (Fsp3) is 0.565. The second kappa shape index (κ2) is 9.08. The van der Waals surface area contributed by atoms with Crippen molar-refractivity contribution in [3.05, 3.63) is 35.8 Å². The summed E-state index contributed by atoms with van der Waals surface area (Å²) in [5.74, 6) is 2.59. The molecule has 0 radical (unpaired) electrons. The second-order valence-corrected chi connectivity index (χ2v) is 8.84. The van der Waals surface area contributed by atoms with E-state index >= 15 is 0 Å². The molecule has 8 nitrogen and oxygen atoms in total. The first kappa shape index (κ1) is 21.3. The Morgan fingerprint density at radius 1 is 1.39 bits per heavy atom. The normalized spacial score (nSPS) is 21.2. The van der Waals surface area contributed by atoms with Gasteiger partial charge in [-0.2, -0.15) is 4.98 Å². The van der Waals surface area contributed by atoms with Crippen LogP contribution in [0.15, 0.2) is 23.4 Å². The number of allylic oxidation sites excluding steroid dienone is 1. The Bertz CT molecular complexity index is 949. The number of ether oxygens (including phenoxy) is 1. The number of carbonyl (C=O) groups is 1. The van der Waals surface area contributed by atoms with E-state index in [1.54, 1.807) is 6.20 Å². The lowest BCUT2D eigenvalue weighted by molar-refractivity contribution is -0.136. The molecule has 166 valence electrons. The quantitative estimate of drug-likeness (QED) is 0.647. The summed E-state index contributed by atoms with van der Waals surface area (Å²) < 4.78 is 11.3. The van der Waals surface area contributed by atoms with Crippen LogP contribution in [0.5, 0.6) is 5.88 Å². The molecule has 3 heterocycles. The first-order chi connectivity index (χ1) is 14.9. The van der Waals surface area contributed by atoms with Crippen LogP contribution in [-0.4, -0.2) is 45.9 Å². The third-order valence-corrected chi connectivity index (χ3v) is 6.36. The lowest BCUT2D eigenvalue weighted by Crippen LogP contribution is -2.34. The number of hydrogen-bond acceptors (Lipinski definition) is 7. The van der Waals surface area contributed by atoms with Gasteiger partial charge in [0, 0.05) is 24.8 Å². The molecule has 1 saturated heterocycles. The standard InChI is InChI=1S/C23H30N4O4/c1-14(2)21-25-23(31-26-21)27-7-4-17(5-8-27)19-12-18(19)6-9-30-22-15(3)10-16(13-24-22)11-20(28)29/h10,13,17-19H,1,4-9,11-12H2,2-3H3,(H,28,29)/t18-,19-/m1/s1. The Morgan fingerprint density at radius 2 is 2.16 bits per heavy atom. The fourth-order valence-corrected chi connectivity index (χ4v) is 4.57. The molecule has 2 aromatic heterocycles. The molecule has 1 aliphatic heterocycles. The first-order valence-electron chi connectivity index (χ1n) is 11.0. The Morgan fingerprint density at radius 3 is 2.81 bits per heavy atom. The zero-order valence-corrected chi connectivity index (χ0v) is 18.2. The third-order valence-electron chi connectivity index (χ3n) is 6.36. The van der Waals surface area contributed by atoms with Crippen LogP contribution < -0.4 is 9.64 Å². The van der Waals surface area contributed by atoms with Crippen LogP contribution in [0.4, 0.5) is 6.01 Å². The Hall–Kier alpha value is -2.90. The topological polar surface area (TPSA) is 102 Å². The number of carboxylic acids is 1. The molecule has 0 aromatic carbocycles. The summed E-state index contributed by atoms with van der Waals surface area (Å²) in [4.78, 5) is 21.7. The minimum absolute atomic E-state index is 0.0156. The number of carboxylic acid groups (broad SMARTS) is 1. The maximum atomic E-state index is 10.8. The minimum atomic E-state index is -0.853. The van der Waals surface area contributed by atoms with Crippen molar-refractivity contribution in [1.82, 2.24) is 15.1 Å². The van der Waals surface area contributed by atoms with E-state index in [0.29, 0.717) is 29.9 Å². The van der Waals surface area contributed by atoms with Crippen molar-refractivity contribution >= 4 is 17.6 Å². The van der Waals surface area contributed by atoms with E-state index in [0.717, 1.165) is 61.2 Å². The number of aryl methyl sites for hydroxylation is 1. The molecule has 31 heavy (non-hydrogen) atoms. The van der Waals surface area contributed by atoms with Gasteiger partial charge in [0.15, 0.2) is 5.82 Å². The van der Waals surface area contributed by atoms with Crippen molar-refractivity contribution in [2.75, 3.05) is 24.6 Å². The fourth-order valence-electron chi connectivity index (χ4n) is 4.57. The average Bonchev–Trinajstić information content (AvgIpc) is 3.32. The van der Waals surface area contributed by atoms with Gasteiger partial charge in [0.2, 0.25) is 5.88 Å². The molecule has 2 fully saturated rings. The predicted molar refractivity (Wildman–Crippen MR) is 116 cm³/mol. The van der Waals surface area contributed by atoms with Gasteiger partial charge in [0.1, 0.15) is 0 Å². The Balaban J connectivity index is 1.18. The molecular formula is C23H30N4O4. The summed E-state index contributed by atoms with van der Waals surface area (Å²) in [6, 6.07) is 2.45. The molecule has 0 spiro atoms. The predicted octanol–water partition coefficient (Wildman–Crippen LogP) is 3.75. The Kier molecular flexibility index (Phi) is 6.25. The number of nitrogens with zero attached hydrogens (tertiary/aromatic N) is 4. The van der Waals surface area contributed by atoms with Gasteiger partial charge < -0.3 is 19.3 Å². The van der Waals surface area contributed by atoms with Crippen LogP contribution in [0.25, 0.3) is 5.57 Å². The number of aromatic nitrogens is 3. The zero-order chi connectivity index (χ0) is 22.0. The van der Waals surface area contributed by atoms with Crippen LogP contribution in [0.2, 0.25) is 0 Å². The van der Waals surface area contributed by atoms with Crippen molar-refractivity contribution in [2.45, 2.75) is 46.0 Å². The number of aliphatic carboxylic acids is 1. The summed E-state index contributed by atoms with van der Waals surface area (Å²) >= 11 is 0. The van der Waals surface area contributed by atoms with E-state index in [4.69, 9.17) is 14.4 Å². The Labute approximate surface area is 182 Å². The molecule has 1 N–H and O–H groups in total. The van der Waals surface area contributed by atoms with Crippen molar-refractivity contribution in [1.29, 1.82) is 0 Å². The zero-order valence-electron chi connectivity index (χ0n) is 18.2. The lowest BCUT2D eigenvalue weighted by Gasteiger charge is -2.30. The van der Waals surface area contributed by atoms with Gasteiger partial charge in [-0.3, -0.25) is 4.79 Å². The van der Waals surface area contributed by atoms with Gasteiger partial charge in [0.05, 0.1) is 13.0 Å². The van der Waals surface area contributed by atoms with Gasteiger partial charge in [-0.25, -0.2) is 4.98 Å². The van der Waals surface area contributed by atoms with Crippen LogP contribution in [0, 0.1) is 24.7 Å². The number of anilines is 1. The molecule has 2 aliphatic rings. The van der Waals surface area contributed by atoms with Gasteiger partial charge >= 0.3 is 12.0 Å². The molecule has 0 amide bonds. The van der Waals surface area contributed by atoms with Gasteiger partial charge in [0.25, 0.3) is 0 Å². The number of rotatable bonds is 9. The average molecular weight is 427 g/mol. The summed E-state index contributed by atoms with van der Waals surface area (Å²) in [5, 5.41) is 12.9. The summed E-state index contributed by atoms with van der Waals surface area (Å²) in [5.41, 5.74) is 2.39. The molecule has 0 unspecified atom stereocenters. The smallest absolute Gasteiger partial charge is 0.324 e. The van der Waals surface area contributed by atoms with Crippen LogP contribution >= 0.6 is 0 Å². The summed E-state index contributed by atoms with van der Waals surface area (Å²) in [6.07, 6.45) is 6.19. The van der Waals surface area contributed by atoms with Crippen molar-refractivity contribution in [3.8, 4) is 5.88 Å². The van der Waals surface area contributed by atoms with E-state index in [2.05, 4.69) is 26.6 Å². The molecule has 0 bridgehead atoms. The molecule has 2 aromatic rings. The molecule has 1 saturated carbocycles. The van der Waals surface area contributed by atoms with Crippen molar-refractivity contribution in [3.63, 3.8) is 0 Å². The highest BCUT2D eigenvalue weighted by Gasteiger charge is 2.43. The molecular weight excluding hydrogens is 396 g/mol. The van der Waals surface area contributed by atoms with E-state index < -0.39 is 5.97 Å². The van der Waals surface area contributed by atoms with Crippen LogP contribution in [0.1, 0.15) is 49.6 Å². The van der Waals surface area contributed by atoms with E-state index in [-0.39, 0.29) is 6.42 Å². The third kappa shape index (κ3) is 5.24. The van der Waals surface area contributed by atoms with E-state index in [1.807, 2.05) is 19.9 Å². The monoisotopic (exact) mass is 426 g/mol. The van der Waals surface area contributed by atoms with Crippen molar-refractivity contribution in [2.24, 2.45) is 17.8 Å². The highest BCUT2D eigenvalue weighted by molar-refractivity contribution is 5.70. The first-order valence-corrected chi connectivity index (χ1v) is 11.0. The van der Waals surface area contributed by atoms with E-state index in [1.165, 1.54) is 6.42 Å². The van der Waals surface area contributed by atoms with Gasteiger partial charge in [-0.15, -0.1) is 0 Å². The number of pyridine rings is 1. The summed E-state index contributed by atoms with van der Waals surface area (Å²) in [6.45, 7) is 10.2. The number of hydrogen-bond donors (Lipinski definition) is 1. The largest absolute Gasteiger partial charge is 0.481 e. The molecule has 8 heteroatoms. The van der Waals surface area contributed by atoms with Crippen LogP contribution in [-0.2, 0) is 11.2 Å². The van der Waals surface area contributed by atoms with E-state index in [9.17, 15) is 4.79 Å². The van der Waals surface area contributed by atoms with Crippen LogP contribution in [0.3, 0.4) is 0 Å². The van der Waals surface area contributed by atoms with Gasteiger partial charge in [-0.05, 0) is 74.5 Å². The lowest BCUT2D eigenvalue weighted by atomic mass is 9.90. The minimum Gasteiger partial charge on any atom is -0.481 e. The molecule has 1 aliphatic carbocycles. The van der Waals surface area contributed by atoms with Gasteiger partial charge in [-0.1, -0.05) is 11.7 Å². The summed E-state index contributed by atoms with van der Waals surface area (Å²) in [7, 11) is 0. The second-order valence-electron chi connectivity index (χ2n) is 8.84. The van der Waals surface area contributed by atoms with Crippen molar-refractivity contribution < 1.29 is 19.2 Å².